The predicted molar refractivity (Wildman–Crippen MR) is 65.9 cm³/mol. The summed E-state index contributed by atoms with van der Waals surface area (Å²) in [5.41, 5.74) is 2.05. The summed E-state index contributed by atoms with van der Waals surface area (Å²) < 4.78 is 4.45. The van der Waals surface area contributed by atoms with Crippen LogP contribution >= 0.6 is 11.8 Å². The van der Waals surface area contributed by atoms with Crippen LogP contribution in [0.25, 0.3) is 0 Å². The fourth-order valence-electron chi connectivity index (χ4n) is 1.32. The summed E-state index contributed by atoms with van der Waals surface area (Å²) in [5.74, 6) is 1.62. The van der Waals surface area contributed by atoms with E-state index in [1.165, 1.54) is 7.11 Å². The highest BCUT2D eigenvalue weighted by molar-refractivity contribution is 7.99. The summed E-state index contributed by atoms with van der Waals surface area (Å²) in [6.45, 7) is 3.05. The first-order valence-electron chi connectivity index (χ1n) is 5.19. The molecule has 0 aliphatic carbocycles. The van der Waals surface area contributed by atoms with Crippen molar-refractivity contribution in [2.45, 2.75) is 6.92 Å². The molecule has 1 amide bonds. The number of allylic oxidation sites excluding steroid dienone is 1. The van der Waals surface area contributed by atoms with Gasteiger partial charge < -0.3 is 15.4 Å². The second kappa shape index (κ2) is 6.91. The maximum Gasteiger partial charge on any atom is 0.406 e. The summed E-state index contributed by atoms with van der Waals surface area (Å²) >= 11 is 1.69. The van der Waals surface area contributed by atoms with Gasteiger partial charge in [-0.3, -0.25) is 4.90 Å². The average molecular weight is 256 g/mol. The number of ether oxygens (including phenoxy) is 1. The Labute approximate surface area is 105 Å². The normalized spacial score (nSPS) is 14.3. The number of alkyl carbamates (subject to hydrolysis) is 1. The average Bonchev–Trinajstić information content (AvgIpc) is 2.69. The molecule has 0 bridgehead atoms. The van der Waals surface area contributed by atoms with Crippen LogP contribution in [-0.4, -0.2) is 42.8 Å². The number of nitrogens with one attached hydrogen (secondary N) is 2. The molecule has 2 N–H and O–H groups in total. The zero-order valence-corrected chi connectivity index (χ0v) is 10.8. The largest absolute Gasteiger partial charge is 0.453 e. The third-order valence-electron chi connectivity index (χ3n) is 2.36. The van der Waals surface area contributed by atoms with E-state index < -0.39 is 6.09 Å². The van der Waals surface area contributed by atoms with E-state index in [9.17, 15) is 4.79 Å². The zero-order chi connectivity index (χ0) is 12.7. The van der Waals surface area contributed by atoms with Crippen molar-refractivity contribution in [3.63, 3.8) is 0 Å². The van der Waals surface area contributed by atoms with Crippen molar-refractivity contribution in [1.29, 1.82) is 5.26 Å². The van der Waals surface area contributed by atoms with Crippen molar-refractivity contribution < 1.29 is 9.53 Å². The van der Waals surface area contributed by atoms with Crippen molar-refractivity contribution in [3.05, 3.63) is 11.4 Å². The number of carbonyl (C=O) groups is 1. The minimum absolute atomic E-state index is 0.407. The molecule has 0 saturated carbocycles. The molecule has 0 spiro atoms. The molecule has 1 aliphatic rings. The van der Waals surface area contributed by atoms with Gasteiger partial charge in [0.2, 0.25) is 0 Å². The summed E-state index contributed by atoms with van der Waals surface area (Å²) in [6, 6.07) is 0. The van der Waals surface area contributed by atoms with Gasteiger partial charge >= 0.3 is 6.09 Å². The lowest BCUT2D eigenvalue weighted by molar-refractivity contribution is 0.172. The van der Waals surface area contributed by atoms with E-state index in [2.05, 4.69) is 21.6 Å². The highest BCUT2D eigenvalue weighted by Gasteiger charge is 2.17. The molecule has 1 rings (SSSR count). The zero-order valence-electron chi connectivity index (χ0n) is 9.95. The van der Waals surface area contributed by atoms with Gasteiger partial charge in [-0.25, -0.2) is 4.79 Å². The molecule has 1 heterocycles. The van der Waals surface area contributed by atoms with Gasteiger partial charge in [0.05, 0.1) is 7.11 Å². The number of rotatable bonds is 5. The van der Waals surface area contributed by atoms with E-state index in [0.29, 0.717) is 13.2 Å². The van der Waals surface area contributed by atoms with E-state index in [1.54, 1.807) is 16.7 Å². The number of nitriles is 1. The summed E-state index contributed by atoms with van der Waals surface area (Å²) in [6.07, 6.45) is 1.69. The molecule has 0 unspecified atom stereocenters. The Kier molecular flexibility index (Phi) is 5.49. The third kappa shape index (κ3) is 4.07. The Hall–Kier alpha value is -1.55. The van der Waals surface area contributed by atoms with Gasteiger partial charge in [-0.15, -0.1) is 0 Å². The molecule has 0 aromatic heterocycles. The van der Waals surface area contributed by atoms with Gasteiger partial charge in [0.1, 0.15) is 6.67 Å². The molecule has 0 atom stereocenters. The molecule has 94 valence electrons. The van der Waals surface area contributed by atoms with Gasteiger partial charge in [0.25, 0.3) is 0 Å². The van der Waals surface area contributed by atoms with E-state index >= 15 is 0 Å². The molecular formula is C10H16N4O2S. The Bertz CT molecular complexity index is 351. The Morgan fingerprint density at radius 3 is 3.12 bits per heavy atom. The van der Waals surface area contributed by atoms with Crippen molar-refractivity contribution in [2.24, 2.45) is 0 Å². The second-order valence-corrected chi connectivity index (χ2v) is 4.50. The van der Waals surface area contributed by atoms with E-state index in [-0.39, 0.29) is 0 Å². The molecule has 0 saturated heterocycles. The van der Waals surface area contributed by atoms with Crippen LogP contribution in [0.2, 0.25) is 0 Å². The molecule has 17 heavy (non-hydrogen) atoms. The van der Waals surface area contributed by atoms with Gasteiger partial charge in [-0.05, 0) is 6.92 Å². The number of methoxy groups -OCH3 is 1. The highest BCUT2D eigenvalue weighted by atomic mass is 32.2. The first kappa shape index (κ1) is 13.5. The summed E-state index contributed by atoms with van der Waals surface area (Å²) in [7, 11) is 1.34. The Morgan fingerprint density at radius 2 is 2.53 bits per heavy atom. The molecule has 0 aromatic rings. The molecular weight excluding hydrogens is 240 g/mol. The number of hydrogen-bond acceptors (Lipinski definition) is 6. The van der Waals surface area contributed by atoms with Crippen molar-refractivity contribution >= 4 is 17.9 Å². The topological polar surface area (TPSA) is 77.4 Å². The van der Waals surface area contributed by atoms with Crippen LogP contribution in [0, 0.1) is 11.5 Å². The van der Waals surface area contributed by atoms with Crippen molar-refractivity contribution in [3.8, 4) is 6.19 Å². The van der Waals surface area contributed by atoms with Crippen LogP contribution in [0.3, 0.4) is 0 Å². The molecule has 0 radical (unpaired) electrons. The van der Waals surface area contributed by atoms with E-state index in [1.807, 2.05) is 6.92 Å². The van der Waals surface area contributed by atoms with Crippen LogP contribution in [0.1, 0.15) is 6.92 Å². The van der Waals surface area contributed by atoms with Crippen LogP contribution in [0.15, 0.2) is 11.4 Å². The highest BCUT2D eigenvalue weighted by Crippen LogP contribution is 2.17. The molecule has 0 aromatic carbocycles. The van der Waals surface area contributed by atoms with Crippen LogP contribution in [-0.2, 0) is 4.74 Å². The quantitative estimate of drug-likeness (QED) is 0.555. The van der Waals surface area contributed by atoms with Crippen LogP contribution in [0.4, 0.5) is 4.79 Å². The van der Waals surface area contributed by atoms with Crippen molar-refractivity contribution in [2.75, 3.05) is 31.8 Å². The molecule has 1 aliphatic heterocycles. The molecule has 0 fully saturated rings. The summed E-state index contributed by atoms with van der Waals surface area (Å²) in [5, 5.41) is 14.6. The smallest absolute Gasteiger partial charge is 0.406 e. The number of hydrogen-bond donors (Lipinski definition) is 2. The fourth-order valence-corrected chi connectivity index (χ4v) is 2.23. The third-order valence-corrected chi connectivity index (χ3v) is 3.35. The number of thioether (sulfide) groups is 1. The summed E-state index contributed by atoms with van der Waals surface area (Å²) in [4.78, 5) is 12.4. The molecule has 6 nitrogen and oxygen atoms in total. The lowest BCUT2D eigenvalue weighted by Crippen LogP contribution is -2.25. The van der Waals surface area contributed by atoms with Crippen molar-refractivity contribution in [1.82, 2.24) is 15.5 Å². The minimum atomic E-state index is -0.407. The monoisotopic (exact) mass is 256 g/mol. The predicted octanol–water partition coefficient (Wildman–Crippen LogP) is 0.651. The van der Waals surface area contributed by atoms with Gasteiger partial charge in [0.15, 0.2) is 6.19 Å². The standard InChI is InChI=1S/C10H16N4O2S/c1-8-9(13-7-14(8)6-11)5-17-4-3-12-10(15)16-2/h13H,3-5,7H2,1-2H3,(H,12,15). The van der Waals surface area contributed by atoms with Gasteiger partial charge in [-0.2, -0.15) is 17.0 Å². The van der Waals surface area contributed by atoms with Crippen LogP contribution in [0.5, 0.6) is 0 Å². The van der Waals surface area contributed by atoms with Gasteiger partial charge in [0, 0.05) is 29.4 Å². The van der Waals surface area contributed by atoms with Gasteiger partial charge in [-0.1, -0.05) is 0 Å². The number of nitrogens with zero attached hydrogens (tertiary/aromatic N) is 2. The number of carbonyl (C=O) groups excluding carboxylic acids is 1. The lowest BCUT2D eigenvalue weighted by atomic mass is 10.4. The maximum atomic E-state index is 10.8. The minimum Gasteiger partial charge on any atom is -0.453 e. The Balaban J connectivity index is 2.18. The first-order valence-corrected chi connectivity index (χ1v) is 6.35. The fraction of sp³-hybridized carbons (Fsp3) is 0.600. The maximum absolute atomic E-state index is 10.8. The Morgan fingerprint density at radius 1 is 1.76 bits per heavy atom. The lowest BCUT2D eigenvalue weighted by Gasteiger charge is -2.06. The molecule has 7 heteroatoms. The van der Waals surface area contributed by atoms with E-state index in [0.717, 1.165) is 22.9 Å². The first-order chi connectivity index (χ1) is 8.19. The second-order valence-electron chi connectivity index (χ2n) is 3.40. The SMILES string of the molecule is COC(=O)NCCSCC1=C(C)N(C#N)CN1. The number of amides is 1. The van der Waals surface area contributed by atoms with Crippen LogP contribution < -0.4 is 10.6 Å². The van der Waals surface area contributed by atoms with E-state index in [4.69, 9.17) is 5.26 Å².